The smallest absolute Gasteiger partial charge is 0.0701 e. The average Bonchev–Trinajstić information content (AvgIpc) is 2.34. The fraction of sp³-hybridized carbons (Fsp3) is 0.909. The summed E-state index contributed by atoms with van der Waals surface area (Å²) in [5.41, 5.74) is 0. The van der Waals surface area contributed by atoms with Crippen molar-refractivity contribution in [3.8, 4) is 6.07 Å². The van der Waals surface area contributed by atoms with Crippen LogP contribution in [-0.2, 0) is 14.2 Å². The highest BCUT2D eigenvalue weighted by atomic mass is 16.5. The molecule has 5 nitrogen and oxygen atoms in total. The number of ether oxygens (including phenoxy) is 3. The first kappa shape index (κ1) is 13.4. The van der Waals surface area contributed by atoms with E-state index in [-0.39, 0.29) is 0 Å². The predicted octanol–water partition coefficient (Wildman–Crippen LogP) is 0.265. The molecule has 0 amide bonds. The molecular formula is C11H20N2O3. The van der Waals surface area contributed by atoms with E-state index in [1.54, 1.807) is 0 Å². The Labute approximate surface area is 96.9 Å². The second kappa shape index (κ2) is 9.55. The predicted molar refractivity (Wildman–Crippen MR) is 59.1 cm³/mol. The summed E-state index contributed by atoms with van der Waals surface area (Å²) >= 11 is 0. The Bertz CT molecular complexity index is 200. The highest BCUT2D eigenvalue weighted by Gasteiger charge is 2.08. The van der Waals surface area contributed by atoms with Gasteiger partial charge in [-0.15, -0.1) is 0 Å². The van der Waals surface area contributed by atoms with E-state index in [2.05, 4.69) is 4.90 Å². The Morgan fingerprint density at radius 2 is 1.75 bits per heavy atom. The maximum Gasteiger partial charge on any atom is 0.0701 e. The average molecular weight is 228 g/mol. The summed E-state index contributed by atoms with van der Waals surface area (Å²) in [6, 6.07) is 2.03. The van der Waals surface area contributed by atoms with Gasteiger partial charge in [0.2, 0.25) is 0 Å². The highest BCUT2D eigenvalue weighted by Crippen LogP contribution is 1.95. The number of hydrogen-bond acceptors (Lipinski definition) is 5. The van der Waals surface area contributed by atoms with Crippen LogP contribution in [0.5, 0.6) is 0 Å². The van der Waals surface area contributed by atoms with Crippen molar-refractivity contribution in [2.45, 2.75) is 6.42 Å². The van der Waals surface area contributed by atoms with Crippen LogP contribution in [-0.4, -0.2) is 64.2 Å². The molecule has 0 unspecified atom stereocenters. The topological polar surface area (TPSA) is 54.7 Å². The maximum atomic E-state index is 8.27. The molecule has 0 spiro atoms. The van der Waals surface area contributed by atoms with Crippen molar-refractivity contribution in [1.29, 1.82) is 5.26 Å². The Kier molecular flexibility index (Phi) is 7.99. The van der Waals surface area contributed by atoms with Crippen LogP contribution in [0.15, 0.2) is 0 Å². The Morgan fingerprint density at radius 1 is 1.06 bits per heavy atom. The van der Waals surface area contributed by atoms with Gasteiger partial charge in [-0.3, -0.25) is 4.90 Å². The number of hydrogen-bond donors (Lipinski definition) is 0. The molecular weight excluding hydrogens is 208 g/mol. The summed E-state index contributed by atoms with van der Waals surface area (Å²) in [4.78, 5) is 2.33. The first-order valence-corrected chi connectivity index (χ1v) is 5.76. The van der Waals surface area contributed by atoms with Gasteiger partial charge in [0.05, 0.1) is 52.1 Å². The van der Waals surface area contributed by atoms with Gasteiger partial charge in [0.1, 0.15) is 0 Å². The summed E-state index contributed by atoms with van der Waals surface area (Å²) in [5.74, 6) is 0. The first-order chi connectivity index (χ1) is 7.93. The number of nitriles is 1. The van der Waals surface area contributed by atoms with Gasteiger partial charge in [-0.05, 0) is 0 Å². The van der Waals surface area contributed by atoms with Gasteiger partial charge in [0.25, 0.3) is 0 Å². The Hall–Kier alpha value is -0.670. The molecule has 0 bridgehead atoms. The molecule has 1 saturated heterocycles. The van der Waals surface area contributed by atoms with E-state index in [0.29, 0.717) is 26.2 Å². The molecule has 5 heteroatoms. The van der Waals surface area contributed by atoms with E-state index in [4.69, 9.17) is 19.5 Å². The Morgan fingerprint density at radius 3 is 2.44 bits per heavy atom. The van der Waals surface area contributed by atoms with Crippen LogP contribution >= 0.6 is 0 Å². The van der Waals surface area contributed by atoms with E-state index in [1.807, 2.05) is 6.07 Å². The second-order valence-corrected chi connectivity index (χ2v) is 3.59. The molecule has 0 saturated carbocycles. The molecule has 1 heterocycles. The van der Waals surface area contributed by atoms with Crippen molar-refractivity contribution in [2.75, 3.05) is 59.3 Å². The molecule has 0 aromatic carbocycles. The van der Waals surface area contributed by atoms with Crippen LogP contribution < -0.4 is 0 Å². The Balaban J connectivity index is 1.79. The lowest BCUT2D eigenvalue weighted by atomic mass is 10.4. The zero-order chi connectivity index (χ0) is 11.5. The minimum atomic E-state index is 0.452. The maximum absolute atomic E-state index is 8.27. The van der Waals surface area contributed by atoms with Crippen molar-refractivity contribution in [2.24, 2.45) is 0 Å². The van der Waals surface area contributed by atoms with Gasteiger partial charge >= 0.3 is 0 Å². The second-order valence-electron chi connectivity index (χ2n) is 3.59. The van der Waals surface area contributed by atoms with Crippen molar-refractivity contribution in [3.05, 3.63) is 0 Å². The fourth-order valence-electron chi connectivity index (χ4n) is 1.46. The summed E-state index contributed by atoms with van der Waals surface area (Å²) in [6.45, 7) is 7.05. The van der Waals surface area contributed by atoms with Gasteiger partial charge in [-0.2, -0.15) is 5.26 Å². The van der Waals surface area contributed by atoms with Crippen LogP contribution in [0, 0.1) is 11.3 Å². The van der Waals surface area contributed by atoms with Crippen LogP contribution in [0.4, 0.5) is 0 Å². The van der Waals surface area contributed by atoms with E-state index in [0.717, 1.165) is 39.5 Å². The van der Waals surface area contributed by atoms with Gasteiger partial charge in [-0.1, -0.05) is 0 Å². The lowest BCUT2D eigenvalue weighted by Crippen LogP contribution is -2.38. The lowest BCUT2D eigenvalue weighted by molar-refractivity contribution is 0.00851. The van der Waals surface area contributed by atoms with Crippen molar-refractivity contribution in [3.63, 3.8) is 0 Å². The molecule has 0 aromatic rings. The normalized spacial score (nSPS) is 17.2. The molecule has 1 aliphatic heterocycles. The number of rotatable bonds is 8. The number of nitrogens with zero attached hydrogens (tertiary/aromatic N) is 2. The molecule has 0 radical (unpaired) electrons. The summed E-state index contributed by atoms with van der Waals surface area (Å²) in [7, 11) is 0. The van der Waals surface area contributed by atoms with E-state index in [9.17, 15) is 0 Å². The molecule has 16 heavy (non-hydrogen) atoms. The molecule has 1 rings (SSSR count). The summed E-state index contributed by atoms with van der Waals surface area (Å²) in [5, 5.41) is 8.27. The summed E-state index contributed by atoms with van der Waals surface area (Å²) < 4.78 is 15.9. The van der Waals surface area contributed by atoms with Crippen LogP contribution in [0.1, 0.15) is 6.42 Å². The van der Waals surface area contributed by atoms with Gasteiger partial charge < -0.3 is 14.2 Å². The van der Waals surface area contributed by atoms with Gasteiger partial charge in [0.15, 0.2) is 0 Å². The monoisotopic (exact) mass is 228 g/mol. The third-order valence-electron chi connectivity index (χ3n) is 2.39. The zero-order valence-electron chi connectivity index (χ0n) is 9.69. The molecule has 0 N–H and O–H groups in total. The van der Waals surface area contributed by atoms with E-state index in [1.165, 1.54) is 0 Å². The quantitative estimate of drug-likeness (QED) is 0.558. The third-order valence-corrected chi connectivity index (χ3v) is 2.39. The molecule has 0 aliphatic carbocycles. The molecule has 92 valence electrons. The third kappa shape index (κ3) is 6.75. The minimum absolute atomic E-state index is 0.452. The standard InChI is InChI=1S/C11H20N2O3/c12-2-1-6-14-10-11-16-9-5-13-3-7-15-8-4-13/h1,3-11H2. The minimum Gasteiger partial charge on any atom is -0.379 e. The van der Waals surface area contributed by atoms with Crippen molar-refractivity contribution in [1.82, 2.24) is 4.90 Å². The van der Waals surface area contributed by atoms with Crippen LogP contribution in [0.25, 0.3) is 0 Å². The molecule has 1 aliphatic rings. The number of morpholine rings is 1. The van der Waals surface area contributed by atoms with E-state index < -0.39 is 0 Å². The fourth-order valence-corrected chi connectivity index (χ4v) is 1.46. The summed E-state index contributed by atoms with van der Waals surface area (Å²) in [6.07, 6.45) is 0.452. The van der Waals surface area contributed by atoms with Crippen molar-refractivity contribution < 1.29 is 14.2 Å². The van der Waals surface area contributed by atoms with Crippen LogP contribution in [0.2, 0.25) is 0 Å². The largest absolute Gasteiger partial charge is 0.379 e. The molecule has 1 fully saturated rings. The SMILES string of the molecule is N#CCCOCCOCCN1CCOCC1. The lowest BCUT2D eigenvalue weighted by Gasteiger charge is -2.26. The molecule has 0 aromatic heterocycles. The van der Waals surface area contributed by atoms with Crippen molar-refractivity contribution >= 4 is 0 Å². The highest BCUT2D eigenvalue weighted by molar-refractivity contribution is 4.67. The van der Waals surface area contributed by atoms with Gasteiger partial charge in [0, 0.05) is 19.6 Å². The molecule has 0 atom stereocenters. The zero-order valence-corrected chi connectivity index (χ0v) is 9.69. The van der Waals surface area contributed by atoms with Crippen LogP contribution in [0.3, 0.4) is 0 Å². The first-order valence-electron chi connectivity index (χ1n) is 5.76. The van der Waals surface area contributed by atoms with E-state index >= 15 is 0 Å². The van der Waals surface area contributed by atoms with Gasteiger partial charge in [-0.25, -0.2) is 0 Å².